The molecule has 0 aromatic heterocycles. The van der Waals surface area contributed by atoms with Crippen LogP contribution in [0.4, 0.5) is 5.69 Å². The third kappa shape index (κ3) is 1.54. The number of benzene rings is 1. The van der Waals surface area contributed by atoms with Crippen LogP contribution in [0.1, 0.15) is 0 Å². The Labute approximate surface area is 87.7 Å². The van der Waals surface area contributed by atoms with Crippen LogP contribution in [0.2, 0.25) is 0 Å². The van der Waals surface area contributed by atoms with Gasteiger partial charge in [-0.15, -0.1) is 0 Å². The molecule has 4 heteroatoms. The first-order chi connectivity index (χ1) is 7.26. The van der Waals surface area contributed by atoms with Crippen molar-refractivity contribution in [2.45, 2.75) is 0 Å². The van der Waals surface area contributed by atoms with Crippen molar-refractivity contribution in [1.29, 1.82) is 0 Å². The number of nitrogens with zero attached hydrogens (tertiary/aromatic N) is 1. The Bertz CT molecular complexity index is 426. The lowest BCUT2D eigenvalue weighted by Gasteiger charge is -2.23. The standard InChI is InChI=1S/C11H11NO3/c1-14-9-4-3-8(7-10(9)15-2)12-6-5-11(12)13/h3-7H,1-2H3. The number of carbonyl (C=O) groups is 1. The van der Waals surface area contributed by atoms with Crippen molar-refractivity contribution in [2.75, 3.05) is 19.1 Å². The average Bonchev–Trinajstić information content (AvgIpc) is 2.26. The van der Waals surface area contributed by atoms with Crippen LogP contribution in [0.3, 0.4) is 0 Å². The van der Waals surface area contributed by atoms with Gasteiger partial charge in [0.2, 0.25) is 0 Å². The Morgan fingerprint density at radius 1 is 1.13 bits per heavy atom. The molecule has 0 radical (unpaired) electrons. The second kappa shape index (κ2) is 3.65. The van der Waals surface area contributed by atoms with E-state index in [-0.39, 0.29) is 5.91 Å². The zero-order valence-corrected chi connectivity index (χ0v) is 8.56. The number of amides is 1. The van der Waals surface area contributed by atoms with Gasteiger partial charge in [0.1, 0.15) is 0 Å². The number of rotatable bonds is 3. The van der Waals surface area contributed by atoms with Gasteiger partial charge in [-0.3, -0.25) is 9.69 Å². The molecule has 0 N–H and O–H groups in total. The van der Waals surface area contributed by atoms with Crippen LogP contribution >= 0.6 is 0 Å². The largest absolute Gasteiger partial charge is 0.493 e. The first-order valence-electron chi connectivity index (χ1n) is 4.49. The molecule has 0 saturated carbocycles. The lowest BCUT2D eigenvalue weighted by molar-refractivity contribution is -0.114. The summed E-state index contributed by atoms with van der Waals surface area (Å²) in [7, 11) is 3.14. The van der Waals surface area contributed by atoms with Crippen LogP contribution in [0.25, 0.3) is 0 Å². The summed E-state index contributed by atoms with van der Waals surface area (Å²) >= 11 is 0. The number of anilines is 1. The summed E-state index contributed by atoms with van der Waals surface area (Å²) in [5.74, 6) is 1.24. The molecular weight excluding hydrogens is 194 g/mol. The van der Waals surface area contributed by atoms with Crippen LogP contribution < -0.4 is 14.4 Å². The Morgan fingerprint density at radius 2 is 1.87 bits per heavy atom. The minimum absolute atomic E-state index is 0.0257. The Hall–Kier alpha value is -1.97. The monoisotopic (exact) mass is 205 g/mol. The second-order valence-electron chi connectivity index (χ2n) is 3.06. The summed E-state index contributed by atoms with van der Waals surface area (Å²) in [5, 5.41) is 0. The lowest BCUT2D eigenvalue weighted by Crippen LogP contribution is -2.30. The van der Waals surface area contributed by atoms with Gasteiger partial charge in [-0.1, -0.05) is 0 Å². The van der Waals surface area contributed by atoms with Gasteiger partial charge in [0.15, 0.2) is 11.5 Å². The molecule has 1 aliphatic heterocycles. The molecule has 1 amide bonds. The Balaban J connectivity index is 2.35. The van der Waals surface area contributed by atoms with Crippen LogP contribution in [0, 0.1) is 0 Å². The maximum atomic E-state index is 11.2. The number of hydrogen-bond donors (Lipinski definition) is 0. The molecule has 1 aromatic rings. The van der Waals surface area contributed by atoms with E-state index in [2.05, 4.69) is 0 Å². The van der Waals surface area contributed by atoms with Gasteiger partial charge in [0, 0.05) is 18.3 Å². The highest BCUT2D eigenvalue weighted by molar-refractivity contribution is 6.09. The molecule has 78 valence electrons. The Morgan fingerprint density at radius 3 is 2.33 bits per heavy atom. The summed E-state index contributed by atoms with van der Waals surface area (Å²) in [4.78, 5) is 12.7. The van der Waals surface area contributed by atoms with E-state index in [1.54, 1.807) is 37.5 Å². The van der Waals surface area contributed by atoms with Crippen molar-refractivity contribution in [3.05, 3.63) is 30.5 Å². The summed E-state index contributed by atoms with van der Waals surface area (Å²) < 4.78 is 10.2. The molecule has 0 atom stereocenters. The van der Waals surface area contributed by atoms with E-state index in [1.165, 1.54) is 6.08 Å². The third-order valence-corrected chi connectivity index (χ3v) is 2.25. The molecule has 2 rings (SSSR count). The Kier molecular flexibility index (Phi) is 2.33. The highest BCUT2D eigenvalue weighted by Crippen LogP contribution is 2.32. The summed E-state index contributed by atoms with van der Waals surface area (Å²) in [5.41, 5.74) is 0.778. The molecule has 4 nitrogen and oxygen atoms in total. The molecule has 1 aliphatic rings. The van der Waals surface area contributed by atoms with E-state index in [0.717, 1.165) is 5.69 Å². The smallest absolute Gasteiger partial charge is 0.256 e. The van der Waals surface area contributed by atoms with E-state index in [9.17, 15) is 4.79 Å². The first-order valence-corrected chi connectivity index (χ1v) is 4.49. The quantitative estimate of drug-likeness (QED) is 0.751. The van der Waals surface area contributed by atoms with E-state index in [0.29, 0.717) is 11.5 Å². The fraction of sp³-hybridized carbons (Fsp3) is 0.182. The summed E-state index contributed by atoms with van der Waals surface area (Å²) in [6.07, 6.45) is 3.22. The van der Waals surface area contributed by atoms with Crippen LogP contribution in [-0.4, -0.2) is 20.1 Å². The van der Waals surface area contributed by atoms with Gasteiger partial charge >= 0.3 is 0 Å². The minimum Gasteiger partial charge on any atom is -0.493 e. The zero-order chi connectivity index (χ0) is 10.8. The molecule has 1 aromatic carbocycles. The van der Waals surface area contributed by atoms with Crippen LogP contribution in [0.5, 0.6) is 11.5 Å². The molecular formula is C11H11NO3. The summed E-state index contributed by atoms with van der Waals surface area (Å²) in [6, 6.07) is 5.34. The normalized spacial score (nSPS) is 13.7. The van der Waals surface area contributed by atoms with E-state index in [4.69, 9.17) is 9.47 Å². The lowest BCUT2D eigenvalue weighted by atomic mass is 10.2. The molecule has 0 saturated heterocycles. The second-order valence-corrected chi connectivity index (χ2v) is 3.06. The molecule has 0 spiro atoms. The van der Waals surface area contributed by atoms with Gasteiger partial charge in [0.25, 0.3) is 5.91 Å². The molecule has 0 unspecified atom stereocenters. The van der Waals surface area contributed by atoms with E-state index >= 15 is 0 Å². The molecule has 15 heavy (non-hydrogen) atoms. The van der Waals surface area contributed by atoms with Crippen LogP contribution in [-0.2, 0) is 4.79 Å². The predicted octanol–water partition coefficient (Wildman–Crippen LogP) is 1.56. The number of methoxy groups -OCH3 is 2. The van der Waals surface area contributed by atoms with Gasteiger partial charge in [-0.05, 0) is 12.1 Å². The molecule has 0 bridgehead atoms. The number of ether oxygens (including phenoxy) is 2. The fourth-order valence-electron chi connectivity index (χ4n) is 1.40. The van der Waals surface area contributed by atoms with Gasteiger partial charge < -0.3 is 9.47 Å². The maximum Gasteiger partial charge on any atom is 0.256 e. The van der Waals surface area contributed by atoms with Gasteiger partial charge in [-0.2, -0.15) is 0 Å². The van der Waals surface area contributed by atoms with Gasteiger partial charge in [0.05, 0.1) is 19.9 Å². The third-order valence-electron chi connectivity index (χ3n) is 2.25. The van der Waals surface area contributed by atoms with Gasteiger partial charge in [-0.25, -0.2) is 0 Å². The predicted molar refractivity (Wildman–Crippen MR) is 56.2 cm³/mol. The summed E-state index contributed by atoms with van der Waals surface area (Å²) in [6.45, 7) is 0. The van der Waals surface area contributed by atoms with E-state index < -0.39 is 0 Å². The van der Waals surface area contributed by atoms with E-state index in [1.807, 2.05) is 6.07 Å². The average molecular weight is 205 g/mol. The molecule has 1 heterocycles. The topological polar surface area (TPSA) is 38.8 Å². The highest BCUT2D eigenvalue weighted by atomic mass is 16.5. The minimum atomic E-state index is -0.0257. The molecule has 0 aliphatic carbocycles. The number of carbonyl (C=O) groups excluding carboxylic acids is 1. The maximum absolute atomic E-state index is 11.2. The fourth-order valence-corrected chi connectivity index (χ4v) is 1.40. The van der Waals surface area contributed by atoms with Crippen LogP contribution in [0.15, 0.2) is 30.5 Å². The SMILES string of the molecule is COc1ccc(N2C=CC2=O)cc1OC. The zero-order valence-electron chi connectivity index (χ0n) is 8.56. The van der Waals surface area contributed by atoms with Crippen molar-refractivity contribution in [3.8, 4) is 11.5 Å². The molecule has 0 fully saturated rings. The number of hydrogen-bond acceptors (Lipinski definition) is 3. The first kappa shape index (κ1) is 9.58. The van der Waals surface area contributed by atoms with Crippen molar-refractivity contribution in [2.24, 2.45) is 0 Å². The van der Waals surface area contributed by atoms with Crippen molar-refractivity contribution in [1.82, 2.24) is 0 Å². The van der Waals surface area contributed by atoms with Crippen molar-refractivity contribution >= 4 is 11.6 Å². The van der Waals surface area contributed by atoms with Crippen molar-refractivity contribution < 1.29 is 14.3 Å². The van der Waals surface area contributed by atoms with Crippen molar-refractivity contribution in [3.63, 3.8) is 0 Å². The highest BCUT2D eigenvalue weighted by Gasteiger charge is 2.19.